The normalized spacial score (nSPS) is 11.6. The highest BCUT2D eigenvalue weighted by Gasteiger charge is 2.28. The number of nitrogens with zero attached hydrogens (tertiary/aromatic N) is 1. The number of nitrogens with one attached hydrogen (secondary N) is 1. The number of benzene rings is 2. The van der Waals surface area contributed by atoms with E-state index in [1.165, 1.54) is 7.11 Å². The molecule has 0 aliphatic carbocycles. The van der Waals surface area contributed by atoms with Gasteiger partial charge in [0.1, 0.15) is 11.3 Å². The van der Waals surface area contributed by atoms with Crippen LogP contribution in [0.25, 0.3) is 0 Å². The van der Waals surface area contributed by atoms with Crippen LogP contribution in [-0.2, 0) is 16.1 Å². The molecule has 0 aromatic heterocycles. The van der Waals surface area contributed by atoms with Crippen molar-refractivity contribution in [1.29, 1.82) is 0 Å². The second-order valence-corrected chi connectivity index (χ2v) is 5.64. The predicted octanol–water partition coefficient (Wildman–Crippen LogP) is 1.81. The summed E-state index contributed by atoms with van der Waals surface area (Å²) in [4.78, 5) is 34.6. The van der Waals surface area contributed by atoms with Gasteiger partial charge in [-0.1, -0.05) is 18.2 Å². The van der Waals surface area contributed by atoms with E-state index in [1.54, 1.807) is 24.3 Å². The number of carbonyl (C=O) groups excluding carboxylic acids is 2. The lowest BCUT2D eigenvalue weighted by Crippen LogP contribution is -2.28. The Labute approximate surface area is 159 Å². The molecule has 28 heavy (non-hydrogen) atoms. The van der Waals surface area contributed by atoms with Gasteiger partial charge < -0.3 is 24.3 Å². The number of amides is 1. The molecule has 10 heteroatoms. The quantitative estimate of drug-likeness (QED) is 0.432. The first-order valence-electron chi connectivity index (χ1n) is 8.13. The van der Waals surface area contributed by atoms with E-state index in [2.05, 4.69) is 5.32 Å². The van der Waals surface area contributed by atoms with Gasteiger partial charge in [-0.3, -0.25) is 14.9 Å². The van der Waals surface area contributed by atoms with Crippen LogP contribution in [0, 0.1) is 10.1 Å². The van der Waals surface area contributed by atoms with Crippen molar-refractivity contribution in [3.8, 4) is 17.2 Å². The standard InChI is InChI=1S/C18H16N2O8/c1-25-14-5-3-2-4-11(14)8-19-17(21)9-26-18(22)12-6-15-16(28-10-27-15)7-13(12)20(23)24/h2-7H,8-10H2,1H3,(H,19,21). The summed E-state index contributed by atoms with van der Waals surface area (Å²) in [5, 5.41) is 13.8. The summed E-state index contributed by atoms with van der Waals surface area (Å²) in [6.45, 7) is -0.527. The molecule has 2 aromatic carbocycles. The Morgan fingerprint density at radius 2 is 1.93 bits per heavy atom. The summed E-state index contributed by atoms with van der Waals surface area (Å²) in [5.41, 5.74) is -0.0773. The fourth-order valence-electron chi connectivity index (χ4n) is 2.55. The number of nitro groups is 1. The molecule has 10 nitrogen and oxygen atoms in total. The van der Waals surface area contributed by atoms with Gasteiger partial charge in [-0.05, 0) is 6.07 Å². The van der Waals surface area contributed by atoms with Gasteiger partial charge >= 0.3 is 5.97 Å². The van der Waals surface area contributed by atoms with Crippen LogP contribution in [0.2, 0.25) is 0 Å². The van der Waals surface area contributed by atoms with Crippen molar-refractivity contribution in [2.45, 2.75) is 6.54 Å². The predicted molar refractivity (Wildman–Crippen MR) is 94.3 cm³/mol. The van der Waals surface area contributed by atoms with Gasteiger partial charge in [0.15, 0.2) is 18.1 Å². The zero-order valence-corrected chi connectivity index (χ0v) is 14.8. The third-order valence-corrected chi connectivity index (χ3v) is 3.91. The molecule has 1 heterocycles. The molecule has 1 aliphatic heterocycles. The maximum absolute atomic E-state index is 12.2. The van der Waals surface area contributed by atoms with E-state index >= 15 is 0 Å². The summed E-state index contributed by atoms with van der Waals surface area (Å²) in [7, 11) is 1.51. The second-order valence-electron chi connectivity index (χ2n) is 5.64. The van der Waals surface area contributed by atoms with Crippen LogP contribution in [0.3, 0.4) is 0 Å². The maximum Gasteiger partial charge on any atom is 0.345 e. The smallest absolute Gasteiger partial charge is 0.345 e. The zero-order chi connectivity index (χ0) is 20.1. The first-order valence-corrected chi connectivity index (χ1v) is 8.13. The molecule has 0 saturated carbocycles. The van der Waals surface area contributed by atoms with Crippen molar-refractivity contribution in [2.24, 2.45) is 0 Å². The number of carbonyl (C=O) groups is 2. The van der Waals surface area contributed by atoms with Crippen LogP contribution in [0.5, 0.6) is 17.2 Å². The monoisotopic (exact) mass is 388 g/mol. The number of nitro benzene ring substituents is 1. The molecule has 0 spiro atoms. The Bertz CT molecular complexity index is 928. The lowest BCUT2D eigenvalue weighted by Gasteiger charge is -2.10. The molecule has 0 bridgehead atoms. The molecule has 2 aromatic rings. The van der Waals surface area contributed by atoms with E-state index < -0.39 is 29.1 Å². The molecule has 146 valence electrons. The van der Waals surface area contributed by atoms with Crippen LogP contribution in [0.15, 0.2) is 36.4 Å². The van der Waals surface area contributed by atoms with E-state index in [4.69, 9.17) is 18.9 Å². The average Bonchev–Trinajstić information content (AvgIpc) is 3.17. The summed E-state index contributed by atoms with van der Waals surface area (Å²) < 4.78 is 20.3. The lowest BCUT2D eigenvalue weighted by molar-refractivity contribution is -0.385. The molecule has 0 unspecified atom stereocenters. The van der Waals surface area contributed by atoms with Crippen LogP contribution >= 0.6 is 0 Å². The summed E-state index contributed by atoms with van der Waals surface area (Å²) in [5.74, 6) is -0.619. The van der Waals surface area contributed by atoms with Gasteiger partial charge in [0, 0.05) is 18.2 Å². The van der Waals surface area contributed by atoms with Crippen molar-refractivity contribution in [1.82, 2.24) is 5.32 Å². The van der Waals surface area contributed by atoms with Gasteiger partial charge in [-0.2, -0.15) is 0 Å². The number of fused-ring (bicyclic) bond motifs is 1. The molecule has 0 atom stereocenters. The number of hydrogen-bond donors (Lipinski definition) is 1. The maximum atomic E-state index is 12.2. The molecule has 3 rings (SSSR count). The second kappa shape index (κ2) is 8.25. The van der Waals surface area contributed by atoms with Crippen molar-refractivity contribution < 1.29 is 33.5 Å². The van der Waals surface area contributed by atoms with Gasteiger partial charge in [-0.15, -0.1) is 0 Å². The number of ether oxygens (including phenoxy) is 4. The van der Waals surface area contributed by atoms with E-state index in [1.807, 2.05) is 0 Å². The highest BCUT2D eigenvalue weighted by molar-refractivity contribution is 5.96. The van der Waals surface area contributed by atoms with Crippen LogP contribution in [-0.4, -0.2) is 37.3 Å². The van der Waals surface area contributed by atoms with E-state index in [-0.39, 0.29) is 30.4 Å². The van der Waals surface area contributed by atoms with E-state index in [0.717, 1.165) is 17.7 Å². The molecule has 0 fully saturated rings. The Hall–Kier alpha value is -3.82. The fourth-order valence-corrected chi connectivity index (χ4v) is 2.55. The van der Waals surface area contributed by atoms with Gasteiger partial charge in [0.25, 0.3) is 11.6 Å². The van der Waals surface area contributed by atoms with Crippen LogP contribution in [0.1, 0.15) is 15.9 Å². The minimum atomic E-state index is -1.02. The fraction of sp³-hybridized carbons (Fsp3) is 0.222. The molecule has 1 aliphatic rings. The number of esters is 1. The highest BCUT2D eigenvalue weighted by atomic mass is 16.7. The van der Waals surface area contributed by atoms with E-state index in [9.17, 15) is 19.7 Å². The first kappa shape index (κ1) is 19.0. The van der Waals surface area contributed by atoms with E-state index in [0.29, 0.717) is 5.75 Å². The molecule has 1 N–H and O–H groups in total. The minimum Gasteiger partial charge on any atom is -0.496 e. The molecule has 0 saturated heterocycles. The number of methoxy groups -OCH3 is 1. The van der Waals surface area contributed by atoms with Crippen molar-refractivity contribution in [3.05, 3.63) is 57.6 Å². The zero-order valence-electron chi connectivity index (χ0n) is 14.8. The largest absolute Gasteiger partial charge is 0.496 e. The van der Waals surface area contributed by atoms with Crippen LogP contribution < -0.4 is 19.5 Å². The van der Waals surface area contributed by atoms with Gasteiger partial charge in [0.05, 0.1) is 18.1 Å². The Balaban J connectivity index is 1.61. The summed E-state index contributed by atoms with van der Waals surface area (Å²) >= 11 is 0. The third-order valence-electron chi connectivity index (χ3n) is 3.91. The number of hydrogen-bond acceptors (Lipinski definition) is 8. The Morgan fingerprint density at radius 3 is 2.64 bits per heavy atom. The molecular weight excluding hydrogens is 372 g/mol. The van der Waals surface area contributed by atoms with Crippen molar-refractivity contribution in [2.75, 3.05) is 20.5 Å². The lowest BCUT2D eigenvalue weighted by atomic mass is 10.1. The van der Waals surface area contributed by atoms with Crippen LogP contribution in [0.4, 0.5) is 5.69 Å². The Morgan fingerprint density at radius 1 is 1.21 bits per heavy atom. The SMILES string of the molecule is COc1ccccc1CNC(=O)COC(=O)c1cc2c(cc1[N+](=O)[O-])OCO2. The van der Waals surface area contributed by atoms with Gasteiger partial charge in [0.2, 0.25) is 6.79 Å². The average molecular weight is 388 g/mol. The number of para-hydroxylation sites is 1. The molecular formula is C18H16N2O8. The minimum absolute atomic E-state index is 0.101. The van der Waals surface area contributed by atoms with Gasteiger partial charge in [-0.25, -0.2) is 4.79 Å². The number of rotatable bonds is 7. The highest BCUT2D eigenvalue weighted by Crippen LogP contribution is 2.38. The Kier molecular flexibility index (Phi) is 5.58. The summed E-state index contributed by atoms with van der Waals surface area (Å²) in [6.07, 6.45) is 0. The first-order chi connectivity index (χ1) is 13.5. The molecule has 1 amide bonds. The third kappa shape index (κ3) is 4.11. The molecule has 0 radical (unpaired) electrons. The summed E-state index contributed by atoms with van der Waals surface area (Å²) in [6, 6.07) is 9.37. The topological polar surface area (TPSA) is 126 Å². The van der Waals surface area contributed by atoms with Crippen molar-refractivity contribution in [3.63, 3.8) is 0 Å². The van der Waals surface area contributed by atoms with Crippen molar-refractivity contribution >= 4 is 17.6 Å².